The molecule has 7 heteroatoms. The first-order valence-electron chi connectivity index (χ1n) is 7.96. The maximum atomic E-state index is 12.5. The number of hydrogen-bond acceptors (Lipinski definition) is 3. The first-order valence-corrected chi connectivity index (χ1v) is 7.96. The van der Waals surface area contributed by atoms with Crippen molar-refractivity contribution in [1.29, 1.82) is 0 Å². The Morgan fingerprint density at radius 1 is 1.29 bits per heavy atom. The fourth-order valence-corrected chi connectivity index (χ4v) is 2.78. The molecular weight excluding hydrogens is 304 g/mol. The normalized spacial score (nSPS) is 15.8. The highest BCUT2D eigenvalue weighted by Crippen LogP contribution is 2.16. The summed E-state index contributed by atoms with van der Waals surface area (Å²) in [6.07, 6.45) is 3.58. The van der Waals surface area contributed by atoms with Gasteiger partial charge in [0, 0.05) is 39.9 Å². The average Bonchev–Trinajstić information content (AvgIpc) is 3.02. The standard InChI is InChI=1S/C17H22N6O/c1-18-17(19-10-14-6-4-3-5-7-14)22-8-9-23(16(24)13-22)15-11-20-21(2)12-15/h3-7,11-12H,8-10,13H2,1-2H3,(H,18,19). The maximum absolute atomic E-state index is 12.5. The number of guanidine groups is 1. The number of hydrogen-bond donors (Lipinski definition) is 1. The van der Waals surface area contributed by atoms with E-state index in [9.17, 15) is 4.79 Å². The van der Waals surface area contributed by atoms with Crippen LogP contribution in [-0.4, -0.2) is 53.2 Å². The quantitative estimate of drug-likeness (QED) is 0.671. The van der Waals surface area contributed by atoms with Gasteiger partial charge in [0.05, 0.1) is 11.9 Å². The molecule has 2 heterocycles. The van der Waals surface area contributed by atoms with Gasteiger partial charge in [0.2, 0.25) is 5.91 Å². The SMILES string of the molecule is CN=C(NCc1ccccc1)N1CCN(c2cnn(C)c2)C(=O)C1. The Morgan fingerprint density at radius 2 is 2.08 bits per heavy atom. The fraction of sp³-hybridized carbons (Fsp3) is 0.353. The second-order valence-electron chi connectivity index (χ2n) is 5.73. The monoisotopic (exact) mass is 326 g/mol. The van der Waals surface area contributed by atoms with E-state index in [1.807, 2.05) is 36.3 Å². The molecule has 0 spiro atoms. The summed E-state index contributed by atoms with van der Waals surface area (Å²) in [5, 5.41) is 7.46. The van der Waals surface area contributed by atoms with Crippen LogP contribution in [0.3, 0.4) is 0 Å². The number of piperazine rings is 1. The minimum absolute atomic E-state index is 0.0527. The van der Waals surface area contributed by atoms with Gasteiger partial charge in [0.15, 0.2) is 5.96 Å². The fourth-order valence-electron chi connectivity index (χ4n) is 2.78. The van der Waals surface area contributed by atoms with Crippen molar-refractivity contribution in [3.05, 3.63) is 48.3 Å². The molecule has 0 saturated carbocycles. The Hall–Kier alpha value is -2.83. The van der Waals surface area contributed by atoms with E-state index >= 15 is 0 Å². The molecule has 0 radical (unpaired) electrons. The number of amides is 1. The van der Waals surface area contributed by atoms with Crippen LogP contribution < -0.4 is 10.2 Å². The molecule has 1 amide bonds. The van der Waals surface area contributed by atoms with E-state index in [0.29, 0.717) is 19.6 Å². The molecule has 0 bridgehead atoms. The third-order valence-electron chi connectivity index (χ3n) is 4.03. The summed E-state index contributed by atoms with van der Waals surface area (Å²) in [7, 11) is 3.59. The third-order valence-corrected chi connectivity index (χ3v) is 4.03. The topological polar surface area (TPSA) is 65.8 Å². The van der Waals surface area contributed by atoms with Crippen molar-refractivity contribution in [3.63, 3.8) is 0 Å². The van der Waals surface area contributed by atoms with Crippen LogP contribution in [0.1, 0.15) is 5.56 Å². The Bertz CT molecular complexity index is 724. The van der Waals surface area contributed by atoms with Crippen LogP contribution in [0.15, 0.2) is 47.7 Å². The Kier molecular flexibility index (Phi) is 4.79. The molecular formula is C17H22N6O. The van der Waals surface area contributed by atoms with Crippen molar-refractivity contribution in [2.75, 3.05) is 31.6 Å². The van der Waals surface area contributed by atoms with Crippen LogP contribution in [0, 0.1) is 0 Å². The lowest BCUT2D eigenvalue weighted by Gasteiger charge is -2.35. The number of benzene rings is 1. The van der Waals surface area contributed by atoms with E-state index in [2.05, 4.69) is 27.5 Å². The molecule has 0 aliphatic carbocycles. The van der Waals surface area contributed by atoms with Gasteiger partial charge >= 0.3 is 0 Å². The van der Waals surface area contributed by atoms with Crippen molar-refractivity contribution in [1.82, 2.24) is 20.0 Å². The zero-order valence-corrected chi connectivity index (χ0v) is 14.0. The van der Waals surface area contributed by atoms with Gasteiger partial charge in [-0.15, -0.1) is 0 Å². The molecule has 1 fully saturated rings. The lowest BCUT2D eigenvalue weighted by Crippen LogP contribution is -2.55. The number of aliphatic imine (C=N–C) groups is 1. The zero-order chi connectivity index (χ0) is 16.9. The molecule has 1 aromatic heterocycles. The van der Waals surface area contributed by atoms with Gasteiger partial charge in [-0.3, -0.25) is 14.5 Å². The maximum Gasteiger partial charge on any atom is 0.246 e. The van der Waals surface area contributed by atoms with Gasteiger partial charge in [-0.05, 0) is 5.56 Å². The molecule has 126 valence electrons. The second-order valence-corrected chi connectivity index (χ2v) is 5.73. The van der Waals surface area contributed by atoms with Crippen molar-refractivity contribution < 1.29 is 4.79 Å². The summed E-state index contributed by atoms with van der Waals surface area (Å²) in [5.41, 5.74) is 2.02. The summed E-state index contributed by atoms with van der Waals surface area (Å²) in [6.45, 7) is 2.35. The van der Waals surface area contributed by atoms with Gasteiger partial charge in [-0.2, -0.15) is 5.10 Å². The molecule has 1 N–H and O–H groups in total. The van der Waals surface area contributed by atoms with Crippen LogP contribution in [0.25, 0.3) is 0 Å². The largest absolute Gasteiger partial charge is 0.352 e. The van der Waals surface area contributed by atoms with E-state index in [4.69, 9.17) is 0 Å². The van der Waals surface area contributed by atoms with Crippen LogP contribution >= 0.6 is 0 Å². The van der Waals surface area contributed by atoms with Gasteiger partial charge < -0.3 is 15.1 Å². The second kappa shape index (κ2) is 7.16. The highest BCUT2D eigenvalue weighted by Gasteiger charge is 2.27. The predicted octanol–water partition coefficient (Wildman–Crippen LogP) is 0.844. The smallest absolute Gasteiger partial charge is 0.246 e. The highest BCUT2D eigenvalue weighted by molar-refractivity contribution is 5.98. The Balaban J connectivity index is 1.60. The number of carbonyl (C=O) groups is 1. The molecule has 2 aromatic rings. The molecule has 3 rings (SSSR count). The number of carbonyl (C=O) groups excluding carboxylic acids is 1. The number of nitrogens with zero attached hydrogens (tertiary/aromatic N) is 5. The van der Waals surface area contributed by atoms with Crippen molar-refractivity contribution >= 4 is 17.6 Å². The molecule has 0 atom stereocenters. The zero-order valence-electron chi connectivity index (χ0n) is 14.0. The van der Waals surface area contributed by atoms with Crippen LogP contribution in [0.2, 0.25) is 0 Å². The first kappa shape index (κ1) is 16.0. The van der Waals surface area contributed by atoms with Crippen molar-refractivity contribution in [3.8, 4) is 0 Å². The number of aryl methyl sites for hydroxylation is 1. The molecule has 7 nitrogen and oxygen atoms in total. The Labute approximate surface area is 141 Å². The number of anilines is 1. The summed E-state index contributed by atoms with van der Waals surface area (Å²) in [4.78, 5) is 20.5. The lowest BCUT2D eigenvalue weighted by atomic mass is 10.2. The van der Waals surface area contributed by atoms with Crippen LogP contribution in [0.5, 0.6) is 0 Å². The Morgan fingerprint density at radius 3 is 2.71 bits per heavy atom. The molecule has 24 heavy (non-hydrogen) atoms. The molecule has 1 aliphatic rings. The van der Waals surface area contributed by atoms with E-state index in [1.165, 1.54) is 5.56 Å². The van der Waals surface area contributed by atoms with E-state index in [-0.39, 0.29) is 5.91 Å². The van der Waals surface area contributed by atoms with E-state index < -0.39 is 0 Å². The molecule has 1 saturated heterocycles. The summed E-state index contributed by atoms with van der Waals surface area (Å²) in [5.74, 6) is 0.801. The summed E-state index contributed by atoms with van der Waals surface area (Å²) in [6, 6.07) is 10.1. The molecule has 0 unspecified atom stereocenters. The minimum Gasteiger partial charge on any atom is -0.352 e. The van der Waals surface area contributed by atoms with Crippen LogP contribution in [-0.2, 0) is 18.4 Å². The van der Waals surface area contributed by atoms with Gasteiger partial charge in [-0.1, -0.05) is 30.3 Å². The molecule has 1 aliphatic heterocycles. The van der Waals surface area contributed by atoms with E-state index in [0.717, 1.165) is 18.2 Å². The number of nitrogens with one attached hydrogen (secondary N) is 1. The highest BCUT2D eigenvalue weighted by atomic mass is 16.2. The predicted molar refractivity (Wildman–Crippen MR) is 93.8 cm³/mol. The first-order chi connectivity index (χ1) is 11.7. The minimum atomic E-state index is 0.0527. The van der Waals surface area contributed by atoms with Crippen molar-refractivity contribution in [2.24, 2.45) is 12.0 Å². The lowest BCUT2D eigenvalue weighted by molar-refractivity contribution is -0.120. The van der Waals surface area contributed by atoms with E-state index in [1.54, 1.807) is 22.8 Å². The van der Waals surface area contributed by atoms with Gasteiger partial charge in [0.1, 0.15) is 6.54 Å². The number of aromatic nitrogens is 2. The number of rotatable bonds is 3. The average molecular weight is 326 g/mol. The summed E-state index contributed by atoms with van der Waals surface area (Å²) < 4.78 is 1.70. The van der Waals surface area contributed by atoms with Gasteiger partial charge in [0.25, 0.3) is 0 Å². The summed E-state index contributed by atoms with van der Waals surface area (Å²) >= 11 is 0. The molecule has 1 aromatic carbocycles. The van der Waals surface area contributed by atoms with Gasteiger partial charge in [-0.25, -0.2) is 0 Å². The van der Waals surface area contributed by atoms with Crippen LogP contribution in [0.4, 0.5) is 5.69 Å². The van der Waals surface area contributed by atoms with Crippen molar-refractivity contribution in [2.45, 2.75) is 6.54 Å². The third kappa shape index (κ3) is 3.56.